The average Bonchev–Trinajstić information content (AvgIpc) is 2.90. The SMILES string of the molecule is CCN(CC)c1ccc(N=NC2SC(C)=C(C)N2CCCCN)cc1. The van der Waals surface area contributed by atoms with E-state index in [-0.39, 0.29) is 5.50 Å². The van der Waals surface area contributed by atoms with E-state index in [1.807, 2.05) is 12.1 Å². The van der Waals surface area contributed by atoms with E-state index in [2.05, 4.69) is 59.9 Å². The standard InChI is InChI=1S/C19H31N5S/c1-5-23(6-2)18-11-9-17(10-12-18)21-22-19-24(14-8-7-13-20)15(3)16(4)25-19/h9-12,19H,5-8,13-14,20H2,1-4H3. The minimum Gasteiger partial charge on any atom is -0.372 e. The average molecular weight is 362 g/mol. The lowest BCUT2D eigenvalue weighted by Crippen LogP contribution is -2.27. The van der Waals surface area contributed by atoms with Crippen molar-refractivity contribution in [3.63, 3.8) is 0 Å². The lowest BCUT2D eigenvalue weighted by Gasteiger charge is -2.24. The maximum absolute atomic E-state index is 5.62. The van der Waals surface area contributed by atoms with Crippen molar-refractivity contribution in [2.45, 2.75) is 46.0 Å². The van der Waals surface area contributed by atoms with Crippen LogP contribution in [0.25, 0.3) is 0 Å². The van der Waals surface area contributed by atoms with Crippen molar-refractivity contribution in [2.24, 2.45) is 16.0 Å². The highest BCUT2D eigenvalue weighted by Crippen LogP contribution is 2.38. The molecule has 1 aromatic carbocycles. The van der Waals surface area contributed by atoms with Crippen molar-refractivity contribution < 1.29 is 0 Å². The molecule has 0 saturated carbocycles. The molecule has 138 valence electrons. The normalized spacial score (nSPS) is 17.8. The number of benzene rings is 1. The van der Waals surface area contributed by atoms with Gasteiger partial charge in [-0.2, -0.15) is 10.2 Å². The first kappa shape index (κ1) is 19.8. The van der Waals surface area contributed by atoms with Crippen LogP contribution >= 0.6 is 11.8 Å². The van der Waals surface area contributed by atoms with Crippen molar-refractivity contribution in [3.05, 3.63) is 34.9 Å². The molecular formula is C19H31N5S. The molecule has 0 bridgehead atoms. The van der Waals surface area contributed by atoms with Gasteiger partial charge in [0.15, 0.2) is 5.50 Å². The van der Waals surface area contributed by atoms with Gasteiger partial charge >= 0.3 is 0 Å². The van der Waals surface area contributed by atoms with Crippen molar-refractivity contribution >= 4 is 23.1 Å². The van der Waals surface area contributed by atoms with E-state index in [0.717, 1.165) is 44.7 Å². The van der Waals surface area contributed by atoms with Gasteiger partial charge in [0, 0.05) is 35.9 Å². The lowest BCUT2D eigenvalue weighted by atomic mass is 10.2. The molecule has 0 aromatic heterocycles. The Balaban J connectivity index is 2.02. The Morgan fingerprint density at radius 2 is 1.80 bits per heavy atom. The number of anilines is 1. The maximum Gasteiger partial charge on any atom is 0.193 e. The molecule has 1 aliphatic rings. The van der Waals surface area contributed by atoms with Crippen molar-refractivity contribution in [2.75, 3.05) is 31.1 Å². The van der Waals surface area contributed by atoms with Crippen LogP contribution in [0.15, 0.2) is 45.1 Å². The minimum absolute atomic E-state index is 0.0419. The van der Waals surface area contributed by atoms with Gasteiger partial charge in [-0.3, -0.25) is 0 Å². The predicted molar refractivity (Wildman–Crippen MR) is 109 cm³/mol. The van der Waals surface area contributed by atoms with E-state index < -0.39 is 0 Å². The minimum atomic E-state index is 0.0419. The van der Waals surface area contributed by atoms with Gasteiger partial charge in [0.05, 0.1) is 5.69 Å². The third-order valence-corrected chi connectivity index (χ3v) is 5.80. The summed E-state index contributed by atoms with van der Waals surface area (Å²) < 4.78 is 0. The topological polar surface area (TPSA) is 57.2 Å². The number of allylic oxidation sites excluding steroid dienone is 2. The second kappa shape index (κ2) is 9.82. The zero-order valence-electron chi connectivity index (χ0n) is 15.9. The molecule has 0 fully saturated rings. The summed E-state index contributed by atoms with van der Waals surface area (Å²) >= 11 is 1.78. The molecule has 1 heterocycles. The number of hydrogen-bond acceptors (Lipinski definition) is 6. The highest BCUT2D eigenvalue weighted by Gasteiger charge is 2.27. The smallest absolute Gasteiger partial charge is 0.193 e. The number of nitrogens with zero attached hydrogens (tertiary/aromatic N) is 4. The predicted octanol–water partition coefficient (Wildman–Crippen LogP) is 4.94. The Hall–Kier alpha value is -1.53. The van der Waals surface area contributed by atoms with Gasteiger partial charge in [0.25, 0.3) is 0 Å². The highest BCUT2D eigenvalue weighted by atomic mass is 32.2. The number of thioether (sulfide) groups is 1. The fourth-order valence-corrected chi connectivity index (χ4v) is 3.99. The molecule has 6 heteroatoms. The monoisotopic (exact) mass is 361 g/mol. The number of unbranched alkanes of at least 4 members (excludes halogenated alkanes) is 1. The van der Waals surface area contributed by atoms with Crippen LogP contribution in [0.2, 0.25) is 0 Å². The molecule has 2 N–H and O–H groups in total. The molecule has 0 amide bonds. The molecule has 1 unspecified atom stereocenters. The largest absolute Gasteiger partial charge is 0.372 e. The molecule has 0 aliphatic carbocycles. The molecule has 1 aliphatic heterocycles. The van der Waals surface area contributed by atoms with E-state index in [0.29, 0.717) is 0 Å². The first-order valence-corrected chi connectivity index (χ1v) is 10.0. The summed E-state index contributed by atoms with van der Waals surface area (Å²) in [5, 5.41) is 9.08. The molecule has 1 atom stereocenters. The van der Waals surface area contributed by atoms with Crippen molar-refractivity contribution in [3.8, 4) is 0 Å². The molecule has 0 spiro atoms. The summed E-state index contributed by atoms with van der Waals surface area (Å²) in [6.07, 6.45) is 2.14. The van der Waals surface area contributed by atoms with Crippen molar-refractivity contribution in [1.82, 2.24) is 4.90 Å². The van der Waals surface area contributed by atoms with Gasteiger partial charge in [-0.1, -0.05) is 11.8 Å². The van der Waals surface area contributed by atoms with Gasteiger partial charge in [0.2, 0.25) is 0 Å². The Labute approximate surface area is 156 Å². The van der Waals surface area contributed by atoms with E-state index >= 15 is 0 Å². The molecule has 5 nitrogen and oxygen atoms in total. The van der Waals surface area contributed by atoms with E-state index in [1.165, 1.54) is 16.3 Å². The second-order valence-corrected chi connectivity index (χ2v) is 7.45. The summed E-state index contributed by atoms with van der Waals surface area (Å²) in [7, 11) is 0. The number of azo groups is 1. The summed E-state index contributed by atoms with van der Waals surface area (Å²) in [5.41, 5.74) is 9.10. The molecular weight excluding hydrogens is 330 g/mol. The van der Waals surface area contributed by atoms with E-state index in [9.17, 15) is 0 Å². The van der Waals surface area contributed by atoms with Crippen LogP contribution in [0.5, 0.6) is 0 Å². The van der Waals surface area contributed by atoms with Crippen LogP contribution in [0, 0.1) is 0 Å². The van der Waals surface area contributed by atoms with Gasteiger partial charge in [-0.25, -0.2) is 0 Å². The Morgan fingerprint density at radius 1 is 1.12 bits per heavy atom. The van der Waals surface area contributed by atoms with Crippen LogP contribution in [-0.4, -0.2) is 36.6 Å². The van der Waals surface area contributed by atoms with Gasteiger partial charge in [-0.15, -0.1) is 0 Å². The Morgan fingerprint density at radius 3 is 2.40 bits per heavy atom. The number of nitrogens with two attached hydrogens (primary N) is 1. The van der Waals surface area contributed by atoms with Crippen LogP contribution < -0.4 is 10.6 Å². The lowest BCUT2D eigenvalue weighted by molar-refractivity contribution is 0.324. The molecule has 25 heavy (non-hydrogen) atoms. The zero-order valence-corrected chi connectivity index (χ0v) is 16.7. The maximum atomic E-state index is 5.62. The van der Waals surface area contributed by atoms with Gasteiger partial charge in [0.1, 0.15) is 0 Å². The third kappa shape index (κ3) is 5.22. The first-order chi connectivity index (χ1) is 12.1. The van der Waals surface area contributed by atoms with E-state index in [4.69, 9.17) is 5.73 Å². The van der Waals surface area contributed by atoms with Gasteiger partial charge < -0.3 is 15.5 Å². The molecule has 1 aromatic rings. The van der Waals surface area contributed by atoms with Crippen molar-refractivity contribution in [1.29, 1.82) is 0 Å². The fraction of sp³-hybridized carbons (Fsp3) is 0.579. The van der Waals surface area contributed by atoms with Crippen LogP contribution in [0.1, 0.15) is 40.5 Å². The molecule has 0 saturated heterocycles. The number of hydrogen-bond donors (Lipinski definition) is 1. The van der Waals surface area contributed by atoms with Gasteiger partial charge in [-0.05, 0) is 71.3 Å². The summed E-state index contributed by atoms with van der Waals surface area (Å²) in [6, 6.07) is 8.33. The number of rotatable bonds is 9. The second-order valence-electron chi connectivity index (χ2n) is 6.18. The first-order valence-electron chi connectivity index (χ1n) is 9.17. The highest BCUT2D eigenvalue weighted by molar-refractivity contribution is 8.03. The van der Waals surface area contributed by atoms with E-state index in [1.54, 1.807) is 11.8 Å². The Bertz CT molecular complexity index is 592. The molecule has 0 radical (unpaired) electrons. The summed E-state index contributed by atoms with van der Waals surface area (Å²) in [6.45, 7) is 12.4. The third-order valence-electron chi connectivity index (χ3n) is 4.59. The molecule has 2 rings (SSSR count). The van der Waals surface area contributed by atoms with Crippen LogP contribution in [0.3, 0.4) is 0 Å². The fourth-order valence-electron chi connectivity index (χ4n) is 2.90. The summed E-state index contributed by atoms with van der Waals surface area (Å²) in [4.78, 5) is 5.99. The van der Waals surface area contributed by atoms with Crippen LogP contribution in [0.4, 0.5) is 11.4 Å². The van der Waals surface area contributed by atoms with Crippen LogP contribution in [-0.2, 0) is 0 Å². The zero-order chi connectivity index (χ0) is 18.2. The Kier molecular flexibility index (Phi) is 7.78. The summed E-state index contributed by atoms with van der Waals surface area (Å²) in [5.74, 6) is 0. The quantitative estimate of drug-likeness (QED) is 0.500.